The number of aryl methyl sites for hydroxylation is 2. The highest BCUT2D eigenvalue weighted by molar-refractivity contribution is 7.16. The van der Waals surface area contributed by atoms with Gasteiger partial charge in [-0.2, -0.15) is 0 Å². The summed E-state index contributed by atoms with van der Waals surface area (Å²) in [5.41, 5.74) is 1.00. The van der Waals surface area contributed by atoms with E-state index in [1.807, 2.05) is 19.2 Å². The Morgan fingerprint density at radius 1 is 1.23 bits per heavy atom. The Kier molecular flexibility index (Phi) is 4.07. The summed E-state index contributed by atoms with van der Waals surface area (Å²) in [6.07, 6.45) is 3.22. The van der Waals surface area contributed by atoms with Gasteiger partial charge in [0.2, 0.25) is 5.95 Å². The van der Waals surface area contributed by atoms with E-state index in [2.05, 4.69) is 25.3 Å². The number of hydrogen-bond acceptors (Lipinski definition) is 9. The zero-order valence-corrected chi connectivity index (χ0v) is 13.4. The molecule has 0 aliphatic carbocycles. The fourth-order valence-electron chi connectivity index (χ4n) is 1.62. The van der Waals surface area contributed by atoms with Crippen molar-refractivity contribution in [1.29, 1.82) is 0 Å². The summed E-state index contributed by atoms with van der Waals surface area (Å²) in [5.74, 6) is -0.164. The molecule has 0 saturated carbocycles. The first kappa shape index (κ1) is 14.5. The van der Waals surface area contributed by atoms with Gasteiger partial charge in [0.05, 0.1) is 10.7 Å². The molecule has 112 valence electrons. The van der Waals surface area contributed by atoms with Crippen LogP contribution >= 0.6 is 22.7 Å². The topological polar surface area (TPSA) is 89.9 Å². The third-order valence-electron chi connectivity index (χ3n) is 2.50. The van der Waals surface area contributed by atoms with Crippen molar-refractivity contribution in [3.8, 4) is 5.19 Å². The summed E-state index contributed by atoms with van der Waals surface area (Å²) in [4.78, 5) is 28.7. The molecule has 0 unspecified atom stereocenters. The molecule has 3 aromatic heterocycles. The van der Waals surface area contributed by atoms with Crippen molar-refractivity contribution in [1.82, 2.24) is 19.9 Å². The van der Waals surface area contributed by atoms with Crippen molar-refractivity contribution in [3.05, 3.63) is 40.2 Å². The number of rotatable bonds is 4. The maximum Gasteiger partial charge on any atom is 0.367 e. The fraction of sp³-hybridized carbons (Fsp3) is 0.154. The Balaban J connectivity index is 1.82. The highest BCUT2D eigenvalue weighted by atomic mass is 32.1. The second-order valence-electron chi connectivity index (χ2n) is 4.25. The van der Waals surface area contributed by atoms with E-state index in [4.69, 9.17) is 4.74 Å². The molecule has 0 radical (unpaired) electrons. The van der Waals surface area contributed by atoms with E-state index in [1.54, 1.807) is 18.5 Å². The molecule has 3 heterocycles. The minimum absolute atomic E-state index is 0.197. The number of esters is 1. The van der Waals surface area contributed by atoms with Crippen LogP contribution in [0.2, 0.25) is 0 Å². The van der Waals surface area contributed by atoms with Crippen LogP contribution in [0.4, 0.5) is 10.9 Å². The largest absolute Gasteiger partial charge is 0.393 e. The number of nitrogens with zero attached hydrogens (tertiary/aromatic N) is 4. The highest BCUT2D eigenvalue weighted by Crippen LogP contribution is 2.28. The normalized spacial score (nSPS) is 10.5. The summed E-state index contributed by atoms with van der Waals surface area (Å²) < 4.78 is 5.24. The van der Waals surface area contributed by atoms with E-state index in [9.17, 15) is 4.79 Å². The number of nitrogens with one attached hydrogen (secondary N) is 1. The minimum Gasteiger partial charge on any atom is -0.393 e. The second kappa shape index (κ2) is 6.16. The van der Waals surface area contributed by atoms with Gasteiger partial charge in [-0.1, -0.05) is 11.3 Å². The van der Waals surface area contributed by atoms with E-state index in [0.717, 1.165) is 10.7 Å². The van der Waals surface area contributed by atoms with Gasteiger partial charge < -0.3 is 10.1 Å². The van der Waals surface area contributed by atoms with Gasteiger partial charge in [0.25, 0.3) is 5.19 Å². The number of carbonyl (C=O) groups is 1. The lowest BCUT2D eigenvalue weighted by molar-refractivity contribution is 0.0730. The average Bonchev–Trinajstić information content (AvgIpc) is 3.06. The van der Waals surface area contributed by atoms with E-state index in [1.165, 1.54) is 22.7 Å². The number of anilines is 2. The van der Waals surface area contributed by atoms with E-state index >= 15 is 0 Å². The van der Waals surface area contributed by atoms with Gasteiger partial charge in [0.15, 0.2) is 5.69 Å². The monoisotopic (exact) mass is 333 g/mol. The molecule has 1 N–H and O–H groups in total. The summed E-state index contributed by atoms with van der Waals surface area (Å²) in [6, 6.07) is 1.71. The molecule has 0 aliphatic heterocycles. The molecular weight excluding hydrogens is 322 g/mol. The molecular formula is C13H11N5O2S2. The molecule has 0 spiro atoms. The average molecular weight is 333 g/mol. The van der Waals surface area contributed by atoms with Crippen LogP contribution in [-0.4, -0.2) is 25.9 Å². The van der Waals surface area contributed by atoms with Gasteiger partial charge in [-0.15, -0.1) is 11.3 Å². The van der Waals surface area contributed by atoms with Crippen LogP contribution in [0.15, 0.2) is 23.8 Å². The Labute approximate surface area is 134 Å². The number of ether oxygens (including phenoxy) is 1. The first-order valence-corrected chi connectivity index (χ1v) is 7.97. The molecule has 0 atom stereocenters. The van der Waals surface area contributed by atoms with Gasteiger partial charge in [-0.25, -0.2) is 24.7 Å². The van der Waals surface area contributed by atoms with Gasteiger partial charge in [-0.05, 0) is 19.9 Å². The van der Waals surface area contributed by atoms with Crippen molar-refractivity contribution >= 4 is 39.6 Å². The number of thiazole rings is 2. The first-order chi connectivity index (χ1) is 10.6. The molecule has 3 rings (SSSR count). The number of carbonyl (C=O) groups excluding carboxylic acids is 1. The second-order valence-corrected chi connectivity index (χ2v) is 6.28. The van der Waals surface area contributed by atoms with Crippen molar-refractivity contribution in [3.63, 3.8) is 0 Å². The molecule has 22 heavy (non-hydrogen) atoms. The van der Waals surface area contributed by atoms with Crippen molar-refractivity contribution in [2.45, 2.75) is 13.8 Å². The van der Waals surface area contributed by atoms with Crippen molar-refractivity contribution in [2.75, 3.05) is 5.32 Å². The summed E-state index contributed by atoms with van der Waals surface area (Å²) in [7, 11) is 0. The summed E-state index contributed by atoms with van der Waals surface area (Å²) in [6.45, 7) is 3.65. The number of aromatic nitrogens is 4. The molecule has 7 nitrogen and oxygen atoms in total. The predicted octanol–water partition coefficient (Wildman–Crippen LogP) is 2.97. The van der Waals surface area contributed by atoms with Gasteiger partial charge in [0, 0.05) is 17.8 Å². The third kappa shape index (κ3) is 3.26. The summed E-state index contributed by atoms with van der Waals surface area (Å²) in [5, 5.41) is 6.37. The molecule has 0 bridgehead atoms. The van der Waals surface area contributed by atoms with E-state index < -0.39 is 5.97 Å². The molecule has 0 aliphatic rings. The van der Waals surface area contributed by atoms with Gasteiger partial charge >= 0.3 is 5.97 Å². The number of hydrogen-bond donors (Lipinski definition) is 1. The summed E-state index contributed by atoms with van der Waals surface area (Å²) >= 11 is 2.60. The first-order valence-electron chi connectivity index (χ1n) is 6.27. The van der Waals surface area contributed by atoms with Crippen LogP contribution in [0, 0.1) is 13.8 Å². The molecule has 9 heteroatoms. The van der Waals surface area contributed by atoms with Crippen LogP contribution < -0.4 is 10.1 Å². The molecule has 0 saturated heterocycles. The van der Waals surface area contributed by atoms with Crippen LogP contribution in [0.3, 0.4) is 0 Å². The smallest absolute Gasteiger partial charge is 0.367 e. The highest BCUT2D eigenvalue weighted by Gasteiger charge is 2.21. The molecule has 0 aromatic carbocycles. The minimum atomic E-state index is -0.558. The van der Waals surface area contributed by atoms with Crippen LogP contribution in [0.1, 0.15) is 21.2 Å². The SMILES string of the molecule is Cc1csc(OC(=O)c2nc(C)sc2Nc2ncccn2)n1. The molecule has 3 aromatic rings. The maximum absolute atomic E-state index is 12.3. The Hall–Kier alpha value is -2.39. The van der Waals surface area contributed by atoms with Gasteiger partial charge in [-0.3, -0.25) is 0 Å². The Bertz CT molecular complexity index is 800. The zero-order chi connectivity index (χ0) is 15.5. The van der Waals surface area contributed by atoms with E-state index in [0.29, 0.717) is 16.1 Å². The zero-order valence-electron chi connectivity index (χ0n) is 11.7. The Morgan fingerprint density at radius 2 is 2.00 bits per heavy atom. The van der Waals surface area contributed by atoms with Crippen LogP contribution in [0.5, 0.6) is 5.19 Å². The fourth-order valence-corrected chi connectivity index (χ4v) is 3.07. The predicted molar refractivity (Wildman–Crippen MR) is 84.0 cm³/mol. The molecule has 0 amide bonds. The maximum atomic E-state index is 12.3. The lowest BCUT2D eigenvalue weighted by atomic mass is 10.4. The molecule has 0 fully saturated rings. The van der Waals surface area contributed by atoms with Crippen LogP contribution in [-0.2, 0) is 0 Å². The Morgan fingerprint density at radius 3 is 2.68 bits per heavy atom. The van der Waals surface area contributed by atoms with Crippen LogP contribution in [0.25, 0.3) is 0 Å². The van der Waals surface area contributed by atoms with Crippen molar-refractivity contribution in [2.24, 2.45) is 0 Å². The quantitative estimate of drug-likeness (QED) is 0.734. The lowest BCUT2D eigenvalue weighted by Crippen LogP contribution is -2.11. The third-order valence-corrected chi connectivity index (χ3v) is 4.22. The standard InChI is InChI=1S/C13H11N5O2S2/c1-7-6-21-13(16-7)20-11(19)9-10(22-8(2)17-9)18-12-14-4-3-5-15-12/h3-6H,1-2H3,(H,14,15,18). The van der Waals surface area contributed by atoms with Gasteiger partial charge in [0.1, 0.15) is 5.00 Å². The lowest BCUT2D eigenvalue weighted by Gasteiger charge is -2.03. The van der Waals surface area contributed by atoms with Crippen molar-refractivity contribution < 1.29 is 9.53 Å². The van der Waals surface area contributed by atoms with E-state index in [-0.39, 0.29) is 5.69 Å².